The molecule has 0 radical (unpaired) electrons. The fourth-order valence-corrected chi connectivity index (χ4v) is 4.61. The number of benzene rings is 3. The van der Waals surface area contributed by atoms with E-state index in [9.17, 15) is 9.59 Å². The first-order valence-corrected chi connectivity index (χ1v) is 12.9. The summed E-state index contributed by atoms with van der Waals surface area (Å²) in [5.74, 6) is 0.857. The Labute approximate surface area is 226 Å². The molecule has 3 aromatic rings. The highest BCUT2D eigenvalue weighted by Gasteiger charge is 2.33. The summed E-state index contributed by atoms with van der Waals surface area (Å²) in [7, 11) is 0. The van der Waals surface area contributed by atoms with Crippen LogP contribution in [0, 0.1) is 10.5 Å². The van der Waals surface area contributed by atoms with Crippen LogP contribution in [0.2, 0.25) is 0 Å². The second-order valence-electron chi connectivity index (χ2n) is 8.04. The minimum Gasteiger partial charge on any atom is -0.490 e. The number of imide groups is 1. The average Bonchev–Trinajstić information content (AvgIpc) is 3.08. The molecule has 1 N–H and O–H groups in total. The number of nitrogens with zero attached hydrogens (tertiary/aromatic N) is 1. The summed E-state index contributed by atoms with van der Waals surface area (Å²) < 4.78 is 13.8. The summed E-state index contributed by atoms with van der Waals surface area (Å²) in [6.45, 7) is 4.97. The zero-order valence-corrected chi connectivity index (χ0v) is 23.1. The van der Waals surface area contributed by atoms with Gasteiger partial charge in [-0.1, -0.05) is 57.9 Å². The van der Waals surface area contributed by atoms with Crippen LogP contribution in [0.3, 0.4) is 0 Å². The molecular formula is C27H24BrIN2O4. The Hall–Kier alpha value is -2.85. The van der Waals surface area contributed by atoms with Crippen molar-refractivity contribution in [2.75, 3.05) is 6.61 Å². The molecule has 6 nitrogen and oxygen atoms in total. The van der Waals surface area contributed by atoms with Crippen molar-refractivity contribution >= 4 is 56.5 Å². The van der Waals surface area contributed by atoms with Crippen molar-refractivity contribution in [3.63, 3.8) is 0 Å². The van der Waals surface area contributed by atoms with E-state index in [1.54, 1.807) is 6.08 Å². The highest BCUT2D eigenvalue weighted by molar-refractivity contribution is 14.1. The molecule has 0 spiro atoms. The van der Waals surface area contributed by atoms with E-state index in [-0.39, 0.29) is 18.1 Å². The Morgan fingerprint density at radius 2 is 1.69 bits per heavy atom. The Morgan fingerprint density at radius 3 is 2.37 bits per heavy atom. The molecule has 1 saturated heterocycles. The normalized spacial score (nSPS) is 14.4. The van der Waals surface area contributed by atoms with Crippen LogP contribution in [0.15, 0.2) is 70.8 Å². The fraction of sp³-hybridized carbons (Fsp3) is 0.185. The Bertz CT molecular complexity index is 1270. The molecule has 0 bridgehead atoms. The van der Waals surface area contributed by atoms with Gasteiger partial charge in [0, 0.05) is 4.47 Å². The molecule has 0 aromatic heterocycles. The number of aryl methyl sites for hydroxylation is 1. The van der Waals surface area contributed by atoms with Gasteiger partial charge >= 0.3 is 6.03 Å². The maximum absolute atomic E-state index is 13.0. The van der Waals surface area contributed by atoms with Gasteiger partial charge in [-0.3, -0.25) is 9.69 Å². The van der Waals surface area contributed by atoms with Gasteiger partial charge < -0.3 is 14.8 Å². The molecule has 3 aromatic carbocycles. The van der Waals surface area contributed by atoms with E-state index in [0.29, 0.717) is 24.7 Å². The van der Waals surface area contributed by atoms with Crippen LogP contribution in [0.25, 0.3) is 6.08 Å². The van der Waals surface area contributed by atoms with Crippen LogP contribution in [0.4, 0.5) is 4.79 Å². The summed E-state index contributed by atoms with van der Waals surface area (Å²) in [6.07, 6.45) is 1.67. The summed E-state index contributed by atoms with van der Waals surface area (Å²) in [6, 6.07) is 19.0. The molecular weight excluding hydrogens is 623 g/mol. The average molecular weight is 647 g/mol. The third-order valence-corrected chi connectivity index (χ3v) is 6.69. The van der Waals surface area contributed by atoms with Gasteiger partial charge in [-0.15, -0.1) is 0 Å². The van der Waals surface area contributed by atoms with Crippen molar-refractivity contribution in [3.05, 3.63) is 96.7 Å². The van der Waals surface area contributed by atoms with Crippen LogP contribution in [0.1, 0.15) is 29.2 Å². The molecule has 3 amide bonds. The van der Waals surface area contributed by atoms with Gasteiger partial charge in [-0.05, 0) is 83.5 Å². The van der Waals surface area contributed by atoms with E-state index >= 15 is 0 Å². The summed E-state index contributed by atoms with van der Waals surface area (Å²) in [5.41, 5.74) is 4.00. The van der Waals surface area contributed by atoms with Crippen LogP contribution in [0.5, 0.6) is 11.5 Å². The topological polar surface area (TPSA) is 67.9 Å². The number of carbonyl (C=O) groups is 2. The van der Waals surface area contributed by atoms with Crippen molar-refractivity contribution < 1.29 is 19.1 Å². The lowest BCUT2D eigenvalue weighted by atomic mass is 10.1. The largest absolute Gasteiger partial charge is 0.490 e. The van der Waals surface area contributed by atoms with Gasteiger partial charge in [0.15, 0.2) is 11.5 Å². The quantitative estimate of drug-likeness (QED) is 0.174. The number of amides is 3. The zero-order chi connectivity index (χ0) is 24.9. The lowest BCUT2D eigenvalue weighted by molar-refractivity contribution is -0.123. The highest BCUT2D eigenvalue weighted by Crippen LogP contribution is 2.36. The number of hydrogen-bond donors (Lipinski definition) is 1. The fourth-order valence-electron chi connectivity index (χ4n) is 3.57. The van der Waals surface area contributed by atoms with E-state index in [0.717, 1.165) is 30.3 Å². The van der Waals surface area contributed by atoms with Gasteiger partial charge in [0.25, 0.3) is 5.91 Å². The number of carbonyl (C=O) groups excluding carboxylic acids is 2. The van der Waals surface area contributed by atoms with Crippen molar-refractivity contribution in [2.45, 2.75) is 27.0 Å². The first-order chi connectivity index (χ1) is 16.8. The second-order valence-corrected chi connectivity index (χ2v) is 10.1. The van der Waals surface area contributed by atoms with Crippen molar-refractivity contribution in [2.24, 2.45) is 0 Å². The molecule has 0 atom stereocenters. The Balaban J connectivity index is 1.54. The second kappa shape index (κ2) is 11.3. The maximum atomic E-state index is 13.0. The molecule has 35 heavy (non-hydrogen) atoms. The van der Waals surface area contributed by atoms with Crippen LogP contribution in [-0.2, 0) is 17.9 Å². The number of ether oxygens (including phenoxy) is 2. The molecule has 4 rings (SSSR count). The first kappa shape index (κ1) is 25.2. The van der Waals surface area contributed by atoms with Crippen LogP contribution in [-0.4, -0.2) is 23.4 Å². The minimum absolute atomic E-state index is 0.215. The van der Waals surface area contributed by atoms with Crippen molar-refractivity contribution in [3.8, 4) is 11.5 Å². The molecule has 1 aliphatic rings. The first-order valence-electron chi connectivity index (χ1n) is 11.1. The number of hydrogen-bond acceptors (Lipinski definition) is 4. The van der Waals surface area contributed by atoms with Gasteiger partial charge in [0.2, 0.25) is 0 Å². The van der Waals surface area contributed by atoms with Crippen LogP contribution < -0.4 is 14.8 Å². The number of rotatable bonds is 8. The van der Waals surface area contributed by atoms with E-state index in [4.69, 9.17) is 9.47 Å². The van der Waals surface area contributed by atoms with E-state index in [2.05, 4.69) is 43.8 Å². The molecule has 0 unspecified atom stereocenters. The molecule has 8 heteroatoms. The van der Waals surface area contributed by atoms with Gasteiger partial charge in [0.05, 0.1) is 16.7 Å². The lowest BCUT2D eigenvalue weighted by Gasteiger charge is -2.15. The van der Waals surface area contributed by atoms with E-state index < -0.39 is 6.03 Å². The molecule has 0 aliphatic carbocycles. The maximum Gasteiger partial charge on any atom is 0.329 e. The van der Waals surface area contributed by atoms with E-state index in [1.807, 2.05) is 74.5 Å². The number of urea groups is 1. The van der Waals surface area contributed by atoms with E-state index in [1.165, 1.54) is 4.90 Å². The molecule has 1 aliphatic heterocycles. The minimum atomic E-state index is -0.434. The lowest BCUT2D eigenvalue weighted by Crippen LogP contribution is -2.30. The number of halogens is 2. The molecule has 1 heterocycles. The van der Waals surface area contributed by atoms with Crippen molar-refractivity contribution in [1.82, 2.24) is 10.2 Å². The third kappa shape index (κ3) is 6.24. The summed E-state index contributed by atoms with van der Waals surface area (Å²) >= 11 is 5.63. The van der Waals surface area contributed by atoms with Gasteiger partial charge in [-0.2, -0.15) is 0 Å². The Morgan fingerprint density at radius 1 is 1.00 bits per heavy atom. The Kier molecular flexibility index (Phi) is 8.12. The predicted octanol–water partition coefficient (Wildman–Crippen LogP) is 6.43. The third-order valence-electron chi connectivity index (χ3n) is 5.36. The van der Waals surface area contributed by atoms with Crippen molar-refractivity contribution in [1.29, 1.82) is 0 Å². The predicted molar refractivity (Wildman–Crippen MR) is 147 cm³/mol. The standard InChI is InChI=1S/C27H24BrIN2O4/c1-3-34-24-14-20(12-22(29)25(24)35-16-19-8-10-21(28)11-9-19)13-23-26(32)31(27(33)30-23)15-18-6-4-17(2)5-7-18/h4-14H,3,15-16H2,1-2H3,(H,30,33)/b23-13+. The van der Waals surface area contributed by atoms with Crippen LogP contribution >= 0.6 is 38.5 Å². The van der Waals surface area contributed by atoms with Gasteiger partial charge in [-0.25, -0.2) is 4.79 Å². The molecule has 180 valence electrons. The van der Waals surface area contributed by atoms with Gasteiger partial charge in [0.1, 0.15) is 12.3 Å². The zero-order valence-electron chi connectivity index (χ0n) is 19.3. The smallest absolute Gasteiger partial charge is 0.329 e. The number of nitrogens with one attached hydrogen (secondary N) is 1. The molecule has 0 saturated carbocycles. The monoisotopic (exact) mass is 646 g/mol. The summed E-state index contributed by atoms with van der Waals surface area (Å²) in [4.78, 5) is 26.7. The highest BCUT2D eigenvalue weighted by atomic mass is 127. The SMILES string of the molecule is CCOc1cc(/C=C2/NC(=O)N(Cc3ccc(C)cc3)C2=O)cc(I)c1OCc1ccc(Br)cc1. The molecule has 1 fully saturated rings. The summed E-state index contributed by atoms with van der Waals surface area (Å²) in [5, 5.41) is 2.69.